The monoisotopic (exact) mass is 180 g/mol. The Balaban J connectivity index is 2.83. The number of phenols is 1. The second-order valence-corrected chi connectivity index (χ2v) is 2.80. The first-order valence-corrected chi connectivity index (χ1v) is 4.13. The summed E-state index contributed by atoms with van der Waals surface area (Å²) < 4.78 is 4.86. The third kappa shape index (κ3) is 2.47. The van der Waals surface area contributed by atoms with Gasteiger partial charge in [0.25, 0.3) is 0 Å². The van der Waals surface area contributed by atoms with Gasteiger partial charge in [-0.25, -0.2) is 0 Å². The Labute approximate surface area is 77.0 Å². The number of hydrogen-bond donors (Lipinski definition) is 1. The van der Waals surface area contributed by atoms with Crippen LogP contribution < -0.4 is 4.74 Å². The van der Waals surface area contributed by atoms with Crippen molar-refractivity contribution in [3.05, 3.63) is 23.8 Å². The average molecular weight is 180 g/mol. The molecule has 1 N–H and O–H groups in total. The summed E-state index contributed by atoms with van der Waals surface area (Å²) in [5.41, 5.74) is 0.925. The molecule has 0 spiro atoms. The Morgan fingerprint density at radius 3 is 2.77 bits per heavy atom. The summed E-state index contributed by atoms with van der Waals surface area (Å²) in [7, 11) is 0. The lowest BCUT2D eigenvalue weighted by Crippen LogP contribution is -2.05. The van der Waals surface area contributed by atoms with E-state index in [-0.39, 0.29) is 17.5 Å². The van der Waals surface area contributed by atoms with E-state index in [2.05, 4.69) is 0 Å². The Kier molecular flexibility index (Phi) is 2.90. The van der Waals surface area contributed by atoms with Gasteiger partial charge >= 0.3 is 5.97 Å². The molecule has 1 aromatic rings. The van der Waals surface area contributed by atoms with Crippen LogP contribution in [0.25, 0.3) is 0 Å². The molecule has 0 aliphatic rings. The first-order chi connectivity index (χ1) is 6.13. The molecule has 0 radical (unpaired) electrons. The van der Waals surface area contributed by atoms with Crippen molar-refractivity contribution in [2.45, 2.75) is 20.3 Å². The molecular formula is C10H12O3. The number of carbonyl (C=O) groups is 1. The van der Waals surface area contributed by atoms with Crippen LogP contribution in [-0.4, -0.2) is 11.1 Å². The molecule has 0 saturated carbocycles. The highest BCUT2D eigenvalue weighted by Gasteiger charge is 2.06. The zero-order chi connectivity index (χ0) is 9.84. The maximum Gasteiger partial charge on any atom is 0.311 e. The van der Waals surface area contributed by atoms with Crippen molar-refractivity contribution >= 4 is 5.97 Å². The van der Waals surface area contributed by atoms with E-state index >= 15 is 0 Å². The fourth-order valence-corrected chi connectivity index (χ4v) is 0.909. The van der Waals surface area contributed by atoms with Gasteiger partial charge < -0.3 is 9.84 Å². The van der Waals surface area contributed by atoms with E-state index in [4.69, 9.17) is 4.74 Å². The summed E-state index contributed by atoms with van der Waals surface area (Å²) in [5.74, 6) is -0.126. The first-order valence-electron chi connectivity index (χ1n) is 4.13. The van der Waals surface area contributed by atoms with Crippen LogP contribution in [0.3, 0.4) is 0 Å². The van der Waals surface area contributed by atoms with Crippen molar-refractivity contribution in [2.75, 3.05) is 0 Å². The molecule has 1 aromatic carbocycles. The second-order valence-electron chi connectivity index (χ2n) is 2.80. The zero-order valence-electron chi connectivity index (χ0n) is 7.70. The van der Waals surface area contributed by atoms with E-state index in [0.29, 0.717) is 6.42 Å². The lowest BCUT2D eigenvalue weighted by molar-refractivity contribution is -0.134. The van der Waals surface area contributed by atoms with Gasteiger partial charge in [-0.1, -0.05) is 13.0 Å². The maximum atomic E-state index is 10.9. The molecule has 0 heterocycles. The van der Waals surface area contributed by atoms with Gasteiger partial charge in [0.1, 0.15) is 0 Å². The largest absolute Gasteiger partial charge is 0.504 e. The molecule has 0 unspecified atom stereocenters. The number of aryl methyl sites for hydroxylation is 1. The number of esters is 1. The zero-order valence-corrected chi connectivity index (χ0v) is 7.70. The Bertz CT molecular complexity index is 318. The molecule has 0 aliphatic carbocycles. The minimum atomic E-state index is -0.348. The van der Waals surface area contributed by atoms with Gasteiger partial charge in [-0.2, -0.15) is 0 Å². The number of rotatable bonds is 2. The van der Waals surface area contributed by atoms with Gasteiger partial charge in [0.05, 0.1) is 0 Å². The van der Waals surface area contributed by atoms with Crippen LogP contribution in [0.4, 0.5) is 0 Å². The summed E-state index contributed by atoms with van der Waals surface area (Å²) in [5, 5.41) is 9.36. The molecule has 3 nitrogen and oxygen atoms in total. The SMILES string of the molecule is CCC(=O)Oc1ccc(C)cc1O. The molecular weight excluding hydrogens is 168 g/mol. The first kappa shape index (κ1) is 9.58. The molecule has 0 aromatic heterocycles. The smallest absolute Gasteiger partial charge is 0.311 e. The van der Waals surface area contributed by atoms with Crippen LogP contribution in [0.5, 0.6) is 11.5 Å². The molecule has 70 valence electrons. The predicted octanol–water partition coefficient (Wildman–Crippen LogP) is 2.02. The van der Waals surface area contributed by atoms with E-state index in [1.807, 2.05) is 6.92 Å². The normalized spacial score (nSPS) is 9.69. The lowest BCUT2D eigenvalue weighted by atomic mass is 10.2. The number of carbonyl (C=O) groups excluding carboxylic acids is 1. The molecule has 3 heteroatoms. The second kappa shape index (κ2) is 3.94. The van der Waals surface area contributed by atoms with Crippen LogP contribution in [0, 0.1) is 6.92 Å². The summed E-state index contributed by atoms with van der Waals surface area (Å²) in [4.78, 5) is 10.9. The summed E-state index contributed by atoms with van der Waals surface area (Å²) >= 11 is 0. The van der Waals surface area contributed by atoms with Crippen molar-refractivity contribution in [3.63, 3.8) is 0 Å². The number of ether oxygens (including phenoxy) is 1. The molecule has 1 rings (SSSR count). The molecule has 0 amide bonds. The van der Waals surface area contributed by atoms with Crippen LogP contribution >= 0.6 is 0 Å². The molecule has 0 atom stereocenters. The van der Waals surface area contributed by atoms with E-state index < -0.39 is 0 Å². The molecule has 0 saturated heterocycles. The standard InChI is InChI=1S/C10H12O3/c1-3-10(12)13-9-5-4-7(2)6-8(9)11/h4-6,11H,3H2,1-2H3. The van der Waals surface area contributed by atoms with Gasteiger partial charge in [0.15, 0.2) is 11.5 Å². The van der Waals surface area contributed by atoms with Crippen molar-refractivity contribution in [1.82, 2.24) is 0 Å². The maximum absolute atomic E-state index is 10.9. The van der Waals surface area contributed by atoms with E-state index in [1.54, 1.807) is 25.1 Å². The van der Waals surface area contributed by atoms with Gasteiger partial charge in [0, 0.05) is 6.42 Å². The molecule has 0 bridgehead atoms. The van der Waals surface area contributed by atoms with Crippen molar-refractivity contribution in [1.29, 1.82) is 0 Å². The van der Waals surface area contributed by atoms with E-state index in [0.717, 1.165) is 5.56 Å². The van der Waals surface area contributed by atoms with Gasteiger partial charge in [-0.15, -0.1) is 0 Å². The average Bonchev–Trinajstić information content (AvgIpc) is 2.09. The lowest BCUT2D eigenvalue weighted by Gasteiger charge is -2.04. The quantitative estimate of drug-likeness (QED) is 0.559. The topological polar surface area (TPSA) is 46.5 Å². The molecule has 13 heavy (non-hydrogen) atoms. The number of hydrogen-bond acceptors (Lipinski definition) is 3. The van der Waals surface area contributed by atoms with Gasteiger partial charge in [0.2, 0.25) is 0 Å². The Morgan fingerprint density at radius 2 is 2.23 bits per heavy atom. The third-order valence-corrected chi connectivity index (χ3v) is 1.63. The van der Waals surface area contributed by atoms with Crippen LogP contribution in [0.2, 0.25) is 0 Å². The summed E-state index contributed by atoms with van der Waals surface area (Å²) in [6.07, 6.45) is 0.299. The summed E-state index contributed by atoms with van der Waals surface area (Å²) in [6.45, 7) is 3.55. The summed E-state index contributed by atoms with van der Waals surface area (Å²) in [6, 6.07) is 4.91. The van der Waals surface area contributed by atoms with Crippen molar-refractivity contribution < 1.29 is 14.6 Å². The van der Waals surface area contributed by atoms with Crippen LogP contribution in [0.15, 0.2) is 18.2 Å². The fourth-order valence-electron chi connectivity index (χ4n) is 0.909. The minimum absolute atomic E-state index is 0.00167. The van der Waals surface area contributed by atoms with Crippen molar-refractivity contribution in [3.8, 4) is 11.5 Å². The number of benzene rings is 1. The fraction of sp³-hybridized carbons (Fsp3) is 0.300. The third-order valence-electron chi connectivity index (χ3n) is 1.63. The number of aromatic hydroxyl groups is 1. The van der Waals surface area contributed by atoms with Crippen molar-refractivity contribution in [2.24, 2.45) is 0 Å². The van der Waals surface area contributed by atoms with Crippen LogP contribution in [0.1, 0.15) is 18.9 Å². The van der Waals surface area contributed by atoms with E-state index in [1.165, 1.54) is 0 Å². The molecule has 0 fully saturated rings. The van der Waals surface area contributed by atoms with Crippen LogP contribution in [-0.2, 0) is 4.79 Å². The minimum Gasteiger partial charge on any atom is -0.504 e. The highest BCUT2D eigenvalue weighted by Crippen LogP contribution is 2.26. The van der Waals surface area contributed by atoms with Gasteiger partial charge in [-0.3, -0.25) is 4.79 Å². The molecule has 0 aliphatic heterocycles. The predicted molar refractivity (Wildman–Crippen MR) is 48.8 cm³/mol. The highest BCUT2D eigenvalue weighted by molar-refractivity contribution is 5.72. The highest BCUT2D eigenvalue weighted by atomic mass is 16.5. The Hall–Kier alpha value is -1.51. The number of phenolic OH excluding ortho intramolecular Hbond substituents is 1. The Morgan fingerprint density at radius 1 is 1.54 bits per heavy atom. The van der Waals surface area contributed by atoms with E-state index in [9.17, 15) is 9.90 Å². The van der Waals surface area contributed by atoms with Gasteiger partial charge in [-0.05, 0) is 24.6 Å².